The average Bonchev–Trinajstić information content (AvgIpc) is 3.05. The summed E-state index contributed by atoms with van der Waals surface area (Å²) in [5.74, 6) is -0.298. The minimum absolute atomic E-state index is 0. The number of amides is 1. The molecule has 0 spiro atoms. The highest BCUT2D eigenvalue weighted by Gasteiger charge is 2.27. The number of rotatable bonds is 6. The van der Waals surface area contributed by atoms with Crippen molar-refractivity contribution in [2.75, 3.05) is 19.6 Å². The minimum Gasteiger partial charge on any atom is -0.351 e. The molecule has 1 aliphatic rings. The molecule has 0 unspecified atom stereocenters. The van der Waals surface area contributed by atoms with Crippen LogP contribution in [0.3, 0.4) is 0 Å². The summed E-state index contributed by atoms with van der Waals surface area (Å²) in [5.41, 5.74) is 0.207. The number of nitrogens with one attached hydrogen (secondary N) is 2. The van der Waals surface area contributed by atoms with E-state index in [1.54, 1.807) is 23.7 Å². The number of piperidine rings is 1. The van der Waals surface area contributed by atoms with Crippen LogP contribution in [0.1, 0.15) is 30.1 Å². The average molecular weight is 427 g/mol. The lowest BCUT2D eigenvalue weighted by atomic mass is 9.81. The van der Waals surface area contributed by atoms with Crippen molar-refractivity contribution >= 4 is 35.8 Å². The fraction of sp³-hybridized carbons (Fsp3) is 0.471. The lowest BCUT2D eigenvalue weighted by molar-refractivity contribution is -0.387. The summed E-state index contributed by atoms with van der Waals surface area (Å²) >= 11 is 1.14. The van der Waals surface area contributed by atoms with Gasteiger partial charge in [0.25, 0.3) is 11.6 Å². The Labute approximate surface area is 173 Å². The van der Waals surface area contributed by atoms with Crippen molar-refractivity contribution in [2.24, 2.45) is 12.5 Å². The molecule has 0 atom stereocenters. The van der Waals surface area contributed by atoms with Crippen molar-refractivity contribution in [3.63, 3.8) is 0 Å². The van der Waals surface area contributed by atoms with Crippen molar-refractivity contribution in [1.82, 2.24) is 25.4 Å². The first-order valence-corrected chi connectivity index (χ1v) is 9.49. The summed E-state index contributed by atoms with van der Waals surface area (Å²) in [4.78, 5) is 23.9. The zero-order valence-electron chi connectivity index (χ0n) is 15.7. The number of aromatic nitrogens is 3. The van der Waals surface area contributed by atoms with Crippen LogP contribution in [0.2, 0.25) is 0 Å². The minimum atomic E-state index is -0.483. The van der Waals surface area contributed by atoms with Gasteiger partial charge in [-0.2, -0.15) is 0 Å². The van der Waals surface area contributed by atoms with Crippen LogP contribution in [-0.2, 0) is 7.05 Å². The van der Waals surface area contributed by atoms with Gasteiger partial charge in [0.05, 0.1) is 9.82 Å². The molecule has 3 rings (SSSR count). The maximum absolute atomic E-state index is 12.5. The smallest absolute Gasteiger partial charge is 0.284 e. The number of nitro groups is 1. The second kappa shape index (κ2) is 9.35. The molecule has 152 valence electrons. The van der Waals surface area contributed by atoms with Gasteiger partial charge in [0.1, 0.15) is 6.33 Å². The summed E-state index contributed by atoms with van der Waals surface area (Å²) in [7, 11) is 1.76. The Morgan fingerprint density at radius 2 is 2.14 bits per heavy atom. The van der Waals surface area contributed by atoms with E-state index in [1.807, 2.05) is 0 Å². The lowest BCUT2D eigenvalue weighted by Crippen LogP contribution is -2.42. The van der Waals surface area contributed by atoms with Crippen molar-refractivity contribution in [2.45, 2.75) is 29.8 Å². The van der Waals surface area contributed by atoms with Gasteiger partial charge in [-0.3, -0.25) is 14.9 Å². The Morgan fingerprint density at radius 3 is 2.75 bits per heavy atom. The number of hydrogen-bond acceptors (Lipinski definition) is 7. The molecule has 1 aliphatic heterocycles. The molecule has 0 bridgehead atoms. The number of nitrogens with zero attached hydrogens (tertiary/aromatic N) is 4. The first kappa shape index (κ1) is 22.1. The van der Waals surface area contributed by atoms with Crippen molar-refractivity contribution < 1.29 is 9.72 Å². The monoisotopic (exact) mass is 426 g/mol. The fourth-order valence-electron chi connectivity index (χ4n) is 2.95. The highest BCUT2D eigenvalue weighted by Crippen LogP contribution is 2.34. The predicted molar refractivity (Wildman–Crippen MR) is 108 cm³/mol. The predicted octanol–water partition coefficient (Wildman–Crippen LogP) is 2.42. The van der Waals surface area contributed by atoms with Crippen LogP contribution in [0.4, 0.5) is 5.69 Å². The molecule has 1 amide bonds. The number of carbonyl (C=O) groups excluding carboxylic acids is 1. The van der Waals surface area contributed by atoms with Crippen LogP contribution in [0, 0.1) is 15.5 Å². The largest absolute Gasteiger partial charge is 0.351 e. The van der Waals surface area contributed by atoms with Crippen LogP contribution >= 0.6 is 24.2 Å². The number of carbonyl (C=O) groups is 1. The fourth-order valence-corrected chi connectivity index (χ4v) is 3.80. The molecule has 11 heteroatoms. The van der Waals surface area contributed by atoms with Crippen LogP contribution in [0.25, 0.3) is 0 Å². The third kappa shape index (κ3) is 5.21. The van der Waals surface area contributed by atoms with Gasteiger partial charge < -0.3 is 15.2 Å². The summed E-state index contributed by atoms with van der Waals surface area (Å²) < 4.78 is 1.68. The highest BCUT2D eigenvalue weighted by molar-refractivity contribution is 7.99. The molecule has 0 radical (unpaired) electrons. The molecule has 9 nitrogen and oxygen atoms in total. The maximum atomic E-state index is 12.5. The van der Waals surface area contributed by atoms with Gasteiger partial charge in [0.2, 0.25) is 0 Å². The van der Waals surface area contributed by atoms with E-state index in [9.17, 15) is 14.9 Å². The summed E-state index contributed by atoms with van der Waals surface area (Å²) in [6, 6.07) is 4.50. The van der Waals surface area contributed by atoms with Gasteiger partial charge in [-0.05, 0) is 55.2 Å². The lowest BCUT2D eigenvalue weighted by Gasteiger charge is -2.34. The van der Waals surface area contributed by atoms with E-state index < -0.39 is 4.92 Å². The maximum Gasteiger partial charge on any atom is 0.284 e. The normalized spacial score (nSPS) is 15.5. The molecule has 0 saturated carbocycles. The van der Waals surface area contributed by atoms with Crippen LogP contribution < -0.4 is 10.6 Å². The molecule has 1 aromatic carbocycles. The van der Waals surface area contributed by atoms with Gasteiger partial charge in [0, 0.05) is 25.2 Å². The Morgan fingerprint density at radius 1 is 1.43 bits per heavy atom. The zero-order valence-corrected chi connectivity index (χ0v) is 17.3. The van der Waals surface area contributed by atoms with E-state index in [-0.39, 0.29) is 35.0 Å². The molecule has 2 heterocycles. The Hall–Kier alpha value is -2.17. The zero-order chi connectivity index (χ0) is 19.4. The standard InChI is InChI=1S/C17H22N6O3S.ClH/c1-17(5-7-18-8-6-17)10-19-15(24)12-3-4-14(13(9-12)23(25)26)27-16-21-20-11-22(16)2;/h3-4,9,11,18H,5-8,10H2,1-2H3,(H,19,24);1H. The summed E-state index contributed by atoms with van der Waals surface area (Å²) in [6.45, 7) is 4.57. The van der Waals surface area contributed by atoms with Gasteiger partial charge in [0.15, 0.2) is 5.16 Å². The number of benzene rings is 1. The van der Waals surface area contributed by atoms with Gasteiger partial charge in [-0.1, -0.05) is 6.92 Å². The second-order valence-electron chi connectivity index (χ2n) is 7.01. The molecular weight excluding hydrogens is 404 g/mol. The van der Waals surface area contributed by atoms with E-state index in [2.05, 4.69) is 27.8 Å². The molecule has 2 N–H and O–H groups in total. The Kier molecular flexibility index (Phi) is 7.39. The van der Waals surface area contributed by atoms with Gasteiger partial charge in [-0.15, -0.1) is 22.6 Å². The van der Waals surface area contributed by atoms with Crippen molar-refractivity contribution in [3.05, 3.63) is 40.2 Å². The van der Waals surface area contributed by atoms with Gasteiger partial charge >= 0.3 is 0 Å². The van der Waals surface area contributed by atoms with Crippen LogP contribution in [0.15, 0.2) is 34.6 Å². The second-order valence-corrected chi connectivity index (χ2v) is 8.02. The molecule has 1 saturated heterocycles. The third-order valence-electron chi connectivity index (χ3n) is 4.78. The first-order chi connectivity index (χ1) is 12.9. The van der Waals surface area contributed by atoms with E-state index in [4.69, 9.17) is 0 Å². The van der Waals surface area contributed by atoms with E-state index in [0.29, 0.717) is 16.6 Å². The molecular formula is C17H23ClN6O3S. The van der Waals surface area contributed by atoms with E-state index in [0.717, 1.165) is 37.7 Å². The Bertz CT molecular complexity index is 853. The van der Waals surface area contributed by atoms with Crippen molar-refractivity contribution in [1.29, 1.82) is 0 Å². The highest BCUT2D eigenvalue weighted by atomic mass is 35.5. The topological polar surface area (TPSA) is 115 Å². The van der Waals surface area contributed by atoms with Crippen molar-refractivity contribution in [3.8, 4) is 0 Å². The molecule has 1 aromatic heterocycles. The van der Waals surface area contributed by atoms with Crippen LogP contribution in [0.5, 0.6) is 0 Å². The summed E-state index contributed by atoms with van der Waals surface area (Å²) in [5, 5.41) is 25.9. The molecule has 0 aliphatic carbocycles. The number of halogens is 1. The third-order valence-corrected chi connectivity index (χ3v) is 5.89. The van der Waals surface area contributed by atoms with Crippen LogP contribution in [-0.4, -0.2) is 45.2 Å². The molecule has 28 heavy (non-hydrogen) atoms. The number of aryl methyl sites for hydroxylation is 1. The van der Waals surface area contributed by atoms with E-state index >= 15 is 0 Å². The molecule has 1 fully saturated rings. The number of hydrogen-bond donors (Lipinski definition) is 2. The number of nitro benzene ring substituents is 1. The SMILES string of the molecule is Cl.Cn1cnnc1Sc1ccc(C(=O)NCC2(C)CCNCC2)cc1[N+](=O)[O-]. The van der Waals surface area contributed by atoms with E-state index in [1.165, 1.54) is 12.4 Å². The first-order valence-electron chi connectivity index (χ1n) is 8.67. The Balaban J connectivity index is 0.00000280. The quantitative estimate of drug-likeness (QED) is 0.538. The summed E-state index contributed by atoms with van der Waals surface area (Å²) in [6.07, 6.45) is 3.50. The molecule has 2 aromatic rings. The van der Waals surface area contributed by atoms with Gasteiger partial charge in [-0.25, -0.2) is 0 Å².